The molecule has 3 aromatic heterocycles. The molecular weight excluding hydrogens is 376 g/mol. The third-order valence-electron chi connectivity index (χ3n) is 4.70. The van der Waals surface area contributed by atoms with Crippen molar-refractivity contribution in [3.8, 4) is 22.8 Å². The number of thioether (sulfide) groups is 1. The molecule has 0 saturated carbocycles. The van der Waals surface area contributed by atoms with Crippen LogP contribution in [0.2, 0.25) is 0 Å². The van der Waals surface area contributed by atoms with Gasteiger partial charge in [0.25, 0.3) is 5.89 Å². The van der Waals surface area contributed by atoms with Gasteiger partial charge in [0.15, 0.2) is 0 Å². The second kappa shape index (κ2) is 7.42. The number of benzene rings is 1. The lowest BCUT2D eigenvalue weighted by Crippen LogP contribution is -2.31. The molecule has 5 rings (SSSR count). The first-order valence-electron chi connectivity index (χ1n) is 8.92. The van der Waals surface area contributed by atoms with Gasteiger partial charge in [-0.25, -0.2) is 4.98 Å². The van der Waals surface area contributed by atoms with Crippen LogP contribution in [0, 0.1) is 0 Å². The summed E-state index contributed by atoms with van der Waals surface area (Å²) in [7, 11) is 0. The highest BCUT2D eigenvalue weighted by Crippen LogP contribution is 2.26. The zero-order chi connectivity index (χ0) is 18.1. The van der Waals surface area contributed by atoms with Gasteiger partial charge in [-0.05, 0) is 35.2 Å². The second-order valence-corrected chi connectivity index (χ2v) is 8.67. The lowest BCUT2D eigenvalue weighted by atomic mass is 10.1. The summed E-state index contributed by atoms with van der Waals surface area (Å²) in [5.41, 5.74) is 3.13. The normalized spacial score (nSPS) is 15.4. The maximum Gasteiger partial charge on any atom is 0.258 e. The van der Waals surface area contributed by atoms with Gasteiger partial charge in [-0.1, -0.05) is 17.3 Å². The summed E-state index contributed by atoms with van der Waals surface area (Å²) in [6, 6.07) is 12.5. The number of nitrogens with zero attached hydrogens (tertiary/aromatic N) is 4. The van der Waals surface area contributed by atoms with E-state index < -0.39 is 0 Å². The molecule has 1 aliphatic heterocycles. The van der Waals surface area contributed by atoms with Crippen LogP contribution in [0.25, 0.3) is 33.1 Å². The van der Waals surface area contributed by atoms with Crippen LogP contribution in [0.3, 0.4) is 0 Å². The summed E-state index contributed by atoms with van der Waals surface area (Å²) in [5, 5.41) is 7.27. The number of hydrogen-bond donors (Lipinski definition) is 0. The van der Waals surface area contributed by atoms with Crippen molar-refractivity contribution in [3.05, 3.63) is 53.5 Å². The Morgan fingerprint density at radius 3 is 2.74 bits per heavy atom. The predicted octanol–water partition coefficient (Wildman–Crippen LogP) is 4.56. The fraction of sp³-hybridized carbons (Fsp3) is 0.250. The highest BCUT2D eigenvalue weighted by atomic mass is 32.2. The molecule has 1 fully saturated rings. The fourth-order valence-corrected chi connectivity index (χ4v) is 4.91. The van der Waals surface area contributed by atoms with E-state index >= 15 is 0 Å². The summed E-state index contributed by atoms with van der Waals surface area (Å²) in [6.45, 7) is 3.34. The average molecular weight is 395 g/mol. The van der Waals surface area contributed by atoms with Gasteiger partial charge in [-0.3, -0.25) is 4.90 Å². The van der Waals surface area contributed by atoms with Crippen LogP contribution >= 0.6 is 23.1 Å². The minimum Gasteiger partial charge on any atom is -0.334 e. The molecule has 4 aromatic rings. The van der Waals surface area contributed by atoms with Crippen LogP contribution in [-0.4, -0.2) is 44.6 Å². The van der Waals surface area contributed by atoms with E-state index in [-0.39, 0.29) is 0 Å². The Hall–Kier alpha value is -2.22. The van der Waals surface area contributed by atoms with E-state index in [1.54, 1.807) is 17.5 Å². The van der Waals surface area contributed by atoms with E-state index in [4.69, 9.17) is 4.52 Å². The van der Waals surface area contributed by atoms with Gasteiger partial charge in [0, 0.05) is 53.8 Å². The Morgan fingerprint density at radius 1 is 1.04 bits per heavy atom. The third-order valence-corrected chi connectivity index (χ3v) is 6.48. The first-order valence-corrected chi connectivity index (χ1v) is 11.0. The molecule has 27 heavy (non-hydrogen) atoms. The van der Waals surface area contributed by atoms with Crippen molar-refractivity contribution in [1.29, 1.82) is 0 Å². The zero-order valence-electron chi connectivity index (χ0n) is 14.7. The molecule has 0 unspecified atom stereocenters. The van der Waals surface area contributed by atoms with Crippen molar-refractivity contribution >= 4 is 33.3 Å². The van der Waals surface area contributed by atoms with Crippen LogP contribution in [-0.2, 0) is 6.54 Å². The summed E-state index contributed by atoms with van der Waals surface area (Å²) in [4.78, 5) is 12.5. The Kier molecular flexibility index (Phi) is 4.65. The SMILES string of the molecule is c1cc2cc(-c3noc(-c4ccc(CN5CCSCC5)cc4)n3)cnc2s1. The third kappa shape index (κ3) is 3.63. The highest BCUT2D eigenvalue weighted by molar-refractivity contribution is 7.99. The fourth-order valence-electron chi connectivity index (χ4n) is 3.21. The largest absolute Gasteiger partial charge is 0.334 e. The van der Waals surface area contributed by atoms with Gasteiger partial charge in [0.1, 0.15) is 4.83 Å². The van der Waals surface area contributed by atoms with Crippen LogP contribution in [0.1, 0.15) is 5.56 Å². The number of rotatable bonds is 4. The smallest absolute Gasteiger partial charge is 0.258 e. The molecule has 0 aliphatic carbocycles. The molecule has 5 nitrogen and oxygen atoms in total. The minimum atomic E-state index is 0.538. The van der Waals surface area contributed by atoms with Crippen LogP contribution < -0.4 is 0 Å². The minimum absolute atomic E-state index is 0.538. The molecule has 0 spiro atoms. The molecule has 4 heterocycles. The molecule has 1 aromatic carbocycles. The molecule has 1 aliphatic rings. The predicted molar refractivity (Wildman–Crippen MR) is 111 cm³/mol. The van der Waals surface area contributed by atoms with E-state index in [0.717, 1.165) is 27.9 Å². The monoisotopic (exact) mass is 394 g/mol. The maximum absolute atomic E-state index is 5.49. The Morgan fingerprint density at radius 2 is 1.89 bits per heavy atom. The van der Waals surface area contributed by atoms with Crippen molar-refractivity contribution in [2.24, 2.45) is 0 Å². The lowest BCUT2D eigenvalue weighted by molar-refractivity contribution is 0.294. The summed E-state index contributed by atoms with van der Waals surface area (Å²) in [5.74, 6) is 3.57. The quantitative estimate of drug-likeness (QED) is 0.506. The van der Waals surface area contributed by atoms with Crippen LogP contribution in [0.5, 0.6) is 0 Å². The van der Waals surface area contributed by atoms with Gasteiger partial charge in [0.2, 0.25) is 5.82 Å². The Bertz CT molecular complexity index is 1050. The molecule has 0 N–H and O–H groups in total. The molecule has 0 radical (unpaired) electrons. The first kappa shape index (κ1) is 16.9. The van der Waals surface area contributed by atoms with Gasteiger partial charge in [-0.2, -0.15) is 16.7 Å². The first-order chi connectivity index (χ1) is 13.3. The molecule has 1 saturated heterocycles. The van der Waals surface area contributed by atoms with Crippen molar-refractivity contribution < 1.29 is 4.52 Å². The number of fused-ring (bicyclic) bond motifs is 1. The lowest BCUT2D eigenvalue weighted by Gasteiger charge is -2.26. The molecule has 0 bridgehead atoms. The highest BCUT2D eigenvalue weighted by Gasteiger charge is 2.13. The van der Waals surface area contributed by atoms with Crippen LogP contribution in [0.4, 0.5) is 0 Å². The van der Waals surface area contributed by atoms with E-state index in [0.29, 0.717) is 11.7 Å². The maximum atomic E-state index is 5.49. The Labute approximate surface area is 165 Å². The number of aromatic nitrogens is 3. The van der Waals surface area contributed by atoms with E-state index in [1.165, 1.54) is 30.2 Å². The number of pyridine rings is 1. The molecular formula is C20H18N4OS2. The summed E-state index contributed by atoms with van der Waals surface area (Å²) in [6.07, 6.45) is 1.80. The van der Waals surface area contributed by atoms with Crippen molar-refractivity contribution in [1.82, 2.24) is 20.0 Å². The topological polar surface area (TPSA) is 55.1 Å². The standard InChI is InChI=1S/C20H18N4OS2/c1-3-15(4-2-14(1)13-24-6-9-26-10-7-24)19-22-18(23-25-19)17-11-16-5-8-27-20(16)21-12-17/h1-5,8,11-12H,6-7,9-10,13H2. The zero-order valence-corrected chi connectivity index (χ0v) is 16.3. The van der Waals surface area contributed by atoms with Crippen molar-refractivity contribution in [2.75, 3.05) is 24.6 Å². The van der Waals surface area contributed by atoms with Crippen LogP contribution in [0.15, 0.2) is 52.5 Å². The molecule has 0 atom stereocenters. The molecule has 0 amide bonds. The average Bonchev–Trinajstić information content (AvgIpc) is 3.38. The van der Waals surface area contributed by atoms with Crippen molar-refractivity contribution in [3.63, 3.8) is 0 Å². The van der Waals surface area contributed by atoms with E-state index in [2.05, 4.69) is 50.4 Å². The number of thiophene rings is 1. The Balaban J connectivity index is 1.34. The van der Waals surface area contributed by atoms with Gasteiger partial charge in [-0.15, -0.1) is 11.3 Å². The van der Waals surface area contributed by atoms with Crippen molar-refractivity contribution in [2.45, 2.75) is 6.54 Å². The van der Waals surface area contributed by atoms with E-state index in [1.807, 2.05) is 23.2 Å². The summed E-state index contributed by atoms with van der Waals surface area (Å²) >= 11 is 3.66. The molecule has 7 heteroatoms. The summed E-state index contributed by atoms with van der Waals surface area (Å²) < 4.78 is 5.49. The molecule has 136 valence electrons. The number of hydrogen-bond acceptors (Lipinski definition) is 7. The van der Waals surface area contributed by atoms with Gasteiger partial charge < -0.3 is 4.52 Å². The second-order valence-electron chi connectivity index (χ2n) is 6.55. The van der Waals surface area contributed by atoms with E-state index in [9.17, 15) is 0 Å². The van der Waals surface area contributed by atoms with Gasteiger partial charge >= 0.3 is 0 Å². The van der Waals surface area contributed by atoms with Gasteiger partial charge in [0.05, 0.1) is 0 Å².